The van der Waals surface area contributed by atoms with Crippen molar-refractivity contribution in [2.75, 3.05) is 0 Å². The van der Waals surface area contributed by atoms with E-state index >= 15 is 0 Å². The highest BCUT2D eigenvalue weighted by molar-refractivity contribution is 5.91. The summed E-state index contributed by atoms with van der Waals surface area (Å²) in [5.41, 5.74) is 0.167. The van der Waals surface area contributed by atoms with E-state index in [4.69, 9.17) is 10.2 Å². The van der Waals surface area contributed by atoms with Crippen LogP contribution in [0.4, 0.5) is 0 Å². The van der Waals surface area contributed by atoms with Gasteiger partial charge >= 0.3 is 11.9 Å². The van der Waals surface area contributed by atoms with Gasteiger partial charge in [-0.05, 0) is 24.3 Å². The average Bonchev–Trinajstić information content (AvgIpc) is 2.31. The Morgan fingerprint density at radius 1 is 0.941 bits per heavy atom. The summed E-state index contributed by atoms with van der Waals surface area (Å²) >= 11 is 0. The third kappa shape index (κ3) is 5.78. The Morgan fingerprint density at radius 2 is 1.24 bits per heavy atom. The minimum absolute atomic E-state index is 0.0833. The van der Waals surface area contributed by atoms with Crippen LogP contribution in [0, 0.1) is 0 Å². The summed E-state index contributed by atoms with van der Waals surface area (Å²) in [4.78, 5) is 20.7. The molecule has 0 aliphatic heterocycles. The zero-order valence-electron chi connectivity index (χ0n) is 9.00. The average molecular weight is 236 g/mol. The third-order valence-corrected chi connectivity index (χ3v) is 1.57. The summed E-state index contributed by atoms with van der Waals surface area (Å²) in [6, 6.07) is 5.02. The Balaban J connectivity index is 0.000000437. The Hall–Kier alpha value is -2.56. The molecule has 0 spiro atoms. The highest BCUT2D eigenvalue weighted by atomic mass is 16.5. The monoisotopic (exact) mass is 236 g/mol. The van der Waals surface area contributed by atoms with E-state index in [2.05, 4.69) is 17.9 Å². The standard InChI is InChI=1S/C8H6O4.C4H6O/c9-7(10)5-1-2-6(4-3-5)8(11)12;1-3-5-4-2/h1-4H,(H,9,10)(H,11,12);3-4H,1-2H2. The number of carboxylic acids is 2. The molecule has 0 amide bonds. The van der Waals surface area contributed by atoms with Crippen molar-refractivity contribution < 1.29 is 24.5 Å². The van der Waals surface area contributed by atoms with Crippen molar-refractivity contribution in [3.63, 3.8) is 0 Å². The molecule has 17 heavy (non-hydrogen) atoms. The second-order valence-corrected chi connectivity index (χ2v) is 2.66. The van der Waals surface area contributed by atoms with Crippen molar-refractivity contribution in [2.45, 2.75) is 0 Å². The highest BCUT2D eigenvalue weighted by Gasteiger charge is 2.04. The van der Waals surface area contributed by atoms with E-state index < -0.39 is 11.9 Å². The molecule has 5 heteroatoms. The number of hydrogen-bond acceptors (Lipinski definition) is 3. The van der Waals surface area contributed by atoms with Crippen LogP contribution < -0.4 is 0 Å². The van der Waals surface area contributed by atoms with Crippen LogP contribution in [0.2, 0.25) is 0 Å². The van der Waals surface area contributed by atoms with E-state index in [1.807, 2.05) is 0 Å². The zero-order valence-corrected chi connectivity index (χ0v) is 9.00. The van der Waals surface area contributed by atoms with Gasteiger partial charge in [-0.3, -0.25) is 0 Å². The van der Waals surface area contributed by atoms with E-state index in [1.165, 1.54) is 36.8 Å². The second-order valence-electron chi connectivity index (χ2n) is 2.66. The Labute approximate surface area is 98.3 Å². The molecule has 0 fully saturated rings. The summed E-state index contributed by atoms with van der Waals surface area (Å²) in [6.45, 7) is 6.51. The molecule has 0 aliphatic rings. The van der Waals surface area contributed by atoms with Gasteiger partial charge in [-0.2, -0.15) is 0 Å². The fourth-order valence-corrected chi connectivity index (χ4v) is 0.823. The molecule has 0 heterocycles. The number of rotatable bonds is 4. The summed E-state index contributed by atoms with van der Waals surface area (Å²) in [5, 5.41) is 16.9. The Morgan fingerprint density at radius 3 is 1.35 bits per heavy atom. The minimum Gasteiger partial charge on any atom is -0.478 e. The second kappa shape index (κ2) is 7.70. The van der Waals surface area contributed by atoms with Gasteiger partial charge in [-0.25, -0.2) is 9.59 Å². The topological polar surface area (TPSA) is 83.8 Å². The van der Waals surface area contributed by atoms with Crippen molar-refractivity contribution in [1.29, 1.82) is 0 Å². The summed E-state index contributed by atoms with van der Waals surface area (Å²) in [5.74, 6) is -2.13. The molecule has 0 bridgehead atoms. The van der Waals surface area contributed by atoms with Gasteiger partial charge in [0.05, 0.1) is 23.7 Å². The quantitative estimate of drug-likeness (QED) is 0.784. The maximum Gasteiger partial charge on any atom is 0.335 e. The molecule has 1 aromatic carbocycles. The summed E-state index contributed by atoms with van der Waals surface area (Å²) < 4.78 is 4.36. The van der Waals surface area contributed by atoms with Gasteiger partial charge in [0.25, 0.3) is 0 Å². The number of aromatic carboxylic acids is 2. The predicted molar refractivity (Wildman–Crippen MR) is 61.8 cm³/mol. The Kier molecular flexibility index (Phi) is 6.54. The number of carbonyl (C=O) groups is 2. The molecule has 0 aromatic heterocycles. The van der Waals surface area contributed by atoms with Gasteiger partial charge in [-0.1, -0.05) is 13.2 Å². The van der Waals surface area contributed by atoms with Gasteiger partial charge in [0.2, 0.25) is 0 Å². The highest BCUT2D eigenvalue weighted by Crippen LogP contribution is 2.03. The number of benzene rings is 1. The lowest BCUT2D eigenvalue weighted by atomic mass is 10.1. The van der Waals surface area contributed by atoms with E-state index in [0.717, 1.165) is 0 Å². The Bertz CT molecular complexity index is 366. The normalized spacial score (nSPS) is 8.24. The maximum absolute atomic E-state index is 10.3. The van der Waals surface area contributed by atoms with Gasteiger partial charge in [-0.15, -0.1) is 0 Å². The van der Waals surface area contributed by atoms with Gasteiger partial charge in [0.15, 0.2) is 0 Å². The van der Waals surface area contributed by atoms with E-state index in [1.54, 1.807) is 0 Å². The van der Waals surface area contributed by atoms with Gasteiger partial charge < -0.3 is 14.9 Å². The molecule has 90 valence electrons. The SMILES string of the molecule is C=COC=C.O=C(O)c1ccc(C(=O)O)cc1. The number of hydrogen-bond donors (Lipinski definition) is 2. The maximum atomic E-state index is 10.3. The number of ether oxygens (including phenoxy) is 1. The van der Waals surface area contributed by atoms with Crippen LogP contribution in [0.3, 0.4) is 0 Å². The smallest absolute Gasteiger partial charge is 0.335 e. The summed E-state index contributed by atoms with van der Waals surface area (Å²) in [6.07, 6.45) is 2.62. The first kappa shape index (κ1) is 14.4. The van der Waals surface area contributed by atoms with Crippen LogP contribution in [0.5, 0.6) is 0 Å². The van der Waals surface area contributed by atoms with Gasteiger partial charge in [0.1, 0.15) is 0 Å². The molecule has 2 N–H and O–H groups in total. The zero-order chi connectivity index (χ0) is 13.3. The van der Waals surface area contributed by atoms with E-state index in [-0.39, 0.29) is 11.1 Å². The molecule has 1 rings (SSSR count). The van der Waals surface area contributed by atoms with Gasteiger partial charge in [0, 0.05) is 0 Å². The minimum atomic E-state index is -1.06. The molecular weight excluding hydrogens is 224 g/mol. The lowest BCUT2D eigenvalue weighted by molar-refractivity contribution is 0.0681. The molecule has 0 unspecified atom stereocenters. The van der Waals surface area contributed by atoms with Crippen molar-refractivity contribution in [2.24, 2.45) is 0 Å². The van der Waals surface area contributed by atoms with Crippen molar-refractivity contribution in [3.8, 4) is 0 Å². The first-order valence-corrected chi connectivity index (χ1v) is 4.46. The molecular formula is C12H12O5. The largest absolute Gasteiger partial charge is 0.478 e. The van der Waals surface area contributed by atoms with Crippen LogP contribution in [0.25, 0.3) is 0 Å². The third-order valence-electron chi connectivity index (χ3n) is 1.57. The number of carboxylic acid groups (broad SMARTS) is 2. The van der Waals surface area contributed by atoms with E-state index in [0.29, 0.717) is 0 Å². The van der Waals surface area contributed by atoms with Crippen LogP contribution in [-0.2, 0) is 4.74 Å². The lowest BCUT2D eigenvalue weighted by Gasteiger charge is -1.94. The fraction of sp³-hybridized carbons (Fsp3) is 0. The molecule has 0 saturated carbocycles. The first-order valence-electron chi connectivity index (χ1n) is 4.46. The molecule has 0 radical (unpaired) electrons. The fourth-order valence-electron chi connectivity index (χ4n) is 0.823. The lowest BCUT2D eigenvalue weighted by Crippen LogP contribution is -1.99. The molecule has 1 aromatic rings. The molecule has 0 atom stereocenters. The van der Waals surface area contributed by atoms with Crippen molar-refractivity contribution >= 4 is 11.9 Å². The van der Waals surface area contributed by atoms with Crippen molar-refractivity contribution in [3.05, 3.63) is 61.1 Å². The predicted octanol–water partition coefficient (Wildman–Crippen LogP) is 2.37. The van der Waals surface area contributed by atoms with Crippen LogP contribution in [-0.4, -0.2) is 22.2 Å². The van der Waals surface area contributed by atoms with Crippen LogP contribution in [0.1, 0.15) is 20.7 Å². The molecule has 5 nitrogen and oxygen atoms in total. The van der Waals surface area contributed by atoms with E-state index in [9.17, 15) is 9.59 Å². The summed E-state index contributed by atoms with van der Waals surface area (Å²) in [7, 11) is 0. The van der Waals surface area contributed by atoms with Crippen molar-refractivity contribution in [1.82, 2.24) is 0 Å². The van der Waals surface area contributed by atoms with Crippen LogP contribution >= 0.6 is 0 Å². The molecule has 0 aliphatic carbocycles. The first-order chi connectivity index (χ1) is 8.02. The van der Waals surface area contributed by atoms with Crippen LogP contribution in [0.15, 0.2) is 49.9 Å². The molecule has 0 saturated heterocycles.